The number of hydrazine groups is 1. The van der Waals surface area contributed by atoms with Gasteiger partial charge in [-0.05, 0) is 12.1 Å². The van der Waals surface area contributed by atoms with Crippen LogP contribution in [0.15, 0.2) is 42.3 Å². The Hall–Kier alpha value is -2.19. The third-order valence-corrected chi connectivity index (χ3v) is 3.43. The lowest BCUT2D eigenvalue weighted by Gasteiger charge is -2.07. The van der Waals surface area contributed by atoms with Crippen molar-refractivity contribution < 1.29 is 4.79 Å². The summed E-state index contributed by atoms with van der Waals surface area (Å²) in [5, 5.41) is 8.91. The first-order valence-electron chi connectivity index (χ1n) is 5.83. The molecule has 0 spiro atoms. The summed E-state index contributed by atoms with van der Waals surface area (Å²) in [4.78, 5) is 15.2. The number of hydrogen-bond acceptors (Lipinski definition) is 6. The van der Waals surface area contributed by atoms with Crippen LogP contribution in [0.1, 0.15) is 0 Å². The lowest BCUT2D eigenvalue weighted by atomic mass is 10.2. The van der Waals surface area contributed by atoms with Gasteiger partial charge in [-0.25, -0.2) is 5.84 Å². The highest BCUT2D eigenvalue weighted by Crippen LogP contribution is 2.23. The molecular formula is C12H14N6OS. The Morgan fingerprint density at radius 1 is 1.45 bits per heavy atom. The fraction of sp³-hybridized carbons (Fsp3) is 0.167. The lowest BCUT2D eigenvalue weighted by molar-refractivity contribution is -0.118. The summed E-state index contributed by atoms with van der Waals surface area (Å²) in [5.74, 6) is 5.67. The van der Waals surface area contributed by atoms with Crippen LogP contribution in [-0.2, 0) is 11.3 Å². The minimum atomic E-state index is -0.270. The number of nitrogens with one attached hydrogen (secondary N) is 1. The highest BCUT2D eigenvalue weighted by molar-refractivity contribution is 7.99. The number of thioether (sulfide) groups is 1. The first-order chi connectivity index (χ1) is 9.76. The smallest absolute Gasteiger partial charge is 0.244 e. The number of hydrogen-bond donors (Lipinski definition) is 2. The topological polar surface area (TPSA) is 98.7 Å². The molecule has 2 aromatic heterocycles. The predicted molar refractivity (Wildman–Crippen MR) is 76.5 cm³/mol. The van der Waals surface area contributed by atoms with E-state index >= 15 is 0 Å². The van der Waals surface area contributed by atoms with Gasteiger partial charge in [0.25, 0.3) is 0 Å². The number of rotatable bonds is 6. The Bertz CT molecular complexity index is 597. The van der Waals surface area contributed by atoms with Crippen molar-refractivity contribution in [3.8, 4) is 11.4 Å². The standard InChI is InChI=1S/C12H14N6OS/c1-2-7-18-11(9-3-5-14-6-4-9)16-17-12(18)20-8-10(19)15-13/h2-6H,1,7-8,13H2,(H,15,19). The molecule has 0 bridgehead atoms. The van der Waals surface area contributed by atoms with Gasteiger partial charge in [0, 0.05) is 24.5 Å². The number of pyridine rings is 1. The molecule has 2 heterocycles. The van der Waals surface area contributed by atoms with Crippen LogP contribution in [0.3, 0.4) is 0 Å². The average molecular weight is 290 g/mol. The summed E-state index contributed by atoms with van der Waals surface area (Å²) in [5.41, 5.74) is 2.99. The van der Waals surface area contributed by atoms with Gasteiger partial charge in [-0.3, -0.25) is 19.8 Å². The second kappa shape index (κ2) is 6.83. The van der Waals surface area contributed by atoms with Crippen LogP contribution < -0.4 is 11.3 Å². The SMILES string of the molecule is C=CCn1c(SCC(=O)NN)nnc1-c1ccncc1. The Labute approximate surface area is 120 Å². The predicted octanol–water partition coefficient (Wildman–Crippen LogP) is 0.608. The molecule has 3 N–H and O–H groups in total. The van der Waals surface area contributed by atoms with Crippen molar-refractivity contribution in [1.82, 2.24) is 25.2 Å². The fourth-order valence-electron chi connectivity index (χ4n) is 1.58. The van der Waals surface area contributed by atoms with Crippen LogP contribution >= 0.6 is 11.8 Å². The zero-order chi connectivity index (χ0) is 14.4. The van der Waals surface area contributed by atoms with E-state index in [0.717, 1.165) is 5.56 Å². The van der Waals surface area contributed by atoms with Gasteiger partial charge in [0.05, 0.1) is 5.75 Å². The molecule has 1 amide bonds. The van der Waals surface area contributed by atoms with Crippen molar-refractivity contribution in [3.63, 3.8) is 0 Å². The highest BCUT2D eigenvalue weighted by atomic mass is 32.2. The van der Waals surface area contributed by atoms with E-state index in [1.165, 1.54) is 11.8 Å². The minimum absolute atomic E-state index is 0.183. The Balaban J connectivity index is 2.28. The molecule has 8 heteroatoms. The van der Waals surface area contributed by atoms with Gasteiger partial charge in [-0.15, -0.1) is 16.8 Å². The van der Waals surface area contributed by atoms with Gasteiger partial charge in [-0.1, -0.05) is 17.8 Å². The van der Waals surface area contributed by atoms with Gasteiger partial charge < -0.3 is 0 Å². The molecule has 0 radical (unpaired) electrons. The molecule has 2 rings (SSSR count). The Morgan fingerprint density at radius 3 is 2.85 bits per heavy atom. The largest absolute Gasteiger partial charge is 0.298 e. The third kappa shape index (κ3) is 3.22. The monoisotopic (exact) mass is 290 g/mol. The number of carbonyl (C=O) groups excluding carboxylic acids is 1. The lowest BCUT2D eigenvalue weighted by Crippen LogP contribution is -2.31. The maximum Gasteiger partial charge on any atom is 0.244 e. The second-order valence-electron chi connectivity index (χ2n) is 3.80. The van der Waals surface area contributed by atoms with Crippen molar-refractivity contribution in [3.05, 3.63) is 37.2 Å². The fourth-order valence-corrected chi connectivity index (χ4v) is 2.33. The number of allylic oxidation sites excluding steroid dienone is 1. The Kier molecular flexibility index (Phi) is 4.85. The van der Waals surface area contributed by atoms with Gasteiger partial charge in [0.15, 0.2) is 11.0 Å². The third-order valence-electron chi connectivity index (χ3n) is 2.46. The molecule has 0 atom stereocenters. The quantitative estimate of drug-likeness (QED) is 0.266. The van der Waals surface area contributed by atoms with Crippen LogP contribution in [0, 0.1) is 0 Å². The van der Waals surface area contributed by atoms with Gasteiger partial charge >= 0.3 is 0 Å². The molecule has 0 unspecified atom stereocenters. The maximum atomic E-state index is 11.2. The molecule has 20 heavy (non-hydrogen) atoms. The molecule has 104 valence electrons. The van der Waals surface area contributed by atoms with Crippen molar-refractivity contribution in [2.75, 3.05) is 5.75 Å². The summed E-state index contributed by atoms with van der Waals surface area (Å²) in [6, 6.07) is 3.70. The van der Waals surface area contributed by atoms with E-state index in [1.54, 1.807) is 18.5 Å². The van der Waals surface area contributed by atoms with E-state index in [0.29, 0.717) is 17.5 Å². The average Bonchev–Trinajstić information content (AvgIpc) is 2.89. The van der Waals surface area contributed by atoms with Gasteiger partial charge in [0.1, 0.15) is 0 Å². The summed E-state index contributed by atoms with van der Waals surface area (Å²) in [6.45, 7) is 4.28. The molecule has 0 fully saturated rings. The van der Waals surface area contributed by atoms with Crippen molar-refractivity contribution in [1.29, 1.82) is 0 Å². The summed E-state index contributed by atoms with van der Waals surface area (Å²) >= 11 is 1.27. The molecule has 0 aromatic carbocycles. The van der Waals surface area contributed by atoms with E-state index in [4.69, 9.17) is 5.84 Å². The van der Waals surface area contributed by atoms with E-state index in [-0.39, 0.29) is 11.7 Å². The van der Waals surface area contributed by atoms with Crippen LogP contribution in [-0.4, -0.2) is 31.4 Å². The molecule has 0 aliphatic heterocycles. The summed E-state index contributed by atoms with van der Waals surface area (Å²) in [6.07, 6.45) is 5.13. The zero-order valence-corrected chi connectivity index (χ0v) is 11.5. The number of carbonyl (C=O) groups is 1. The van der Waals surface area contributed by atoms with E-state index in [1.807, 2.05) is 16.7 Å². The zero-order valence-electron chi connectivity index (χ0n) is 10.7. The molecule has 0 aliphatic carbocycles. The van der Waals surface area contributed by atoms with Crippen molar-refractivity contribution >= 4 is 17.7 Å². The number of nitrogens with two attached hydrogens (primary N) is 1. The second-order valence-corrected chi connectivity index (χ2v) is 4.74. The van der Waals surface area contributed by atoms with Gasteiger partial charge in [-0.2, -0.15) is 0 Å². The Morgan fingerprint density at radius 2 is 2.20 bits per heavy atom. The summed E-state index contributed by atoms with van der Waals surface area (Å²) in [7, 11) is 0. The number of amides is 1. The van der Waals surface area contributed by atoms with E-state index < -0.39 is 0 Å². The minimum Gasteiger partial charge on any atom is -0.298 e. The van der Waals surface area contributed by atoms with Crippen LogP contribution in [0.25, 0.3) is 11.4 Å². The van der Waals surface area contributed by atoms with E-state index in [9.17, 15) is 4.79 Å². The highest BCUT2D eigenvalue weighted by Gasteiger charge is 2.14. The molecule has 0 aliphatic rings. The number of aromatic nitrogens is 4. The first-order valence-corrected chi connectivity index (χ1v) is 6.81. The molecular weight excluding hydrogens is 276 g/mol. The number of nitrogens with zero attached hydrogens (tertiary/aromatic N) is 4. The molecule has 2 aromatic rings. The van der Waals surface area contributed by atoms with Crippen molar-refractivity contribution in [2.45, 2.75) is 11.7 Å². The van der Waals surface area contributed by atoms with Crippen LogP contribution in [0.5, 0.6) is 0 Å². The van der Waals surface area contributed by atoms with Crippen LogP contribution in [0.2, 0.25) is 0 Å². The maximum absolute atomic E-state index is 11.2. The first kappa shape index (κ1) is 14.2. The molecule has 0 saturated heterocycles. The molecule has 0 saturated carbocycles. The van der Waals surface area contributed by atoms with Crippen LogP contribution in [0.4, 0.5) is 0 Å². The van der Waals surface area contributed by atoms with Crippen molar-refractivity contribution in [2.24, 2.45) is 5.84 Å². The normalized spacial score (nSPS) is 10.2. The van der Waals surface area contributed by atoms with E-state index in [2.05, 4.69) is 27.2 Å². The summed E-state index contributed by atoms with van der Waals surface area (Å²) < 4.78 is 1.89. The molecule has 7 nitrogen and oxygen atoms in total. The van der Waals surface area contributed by atoms with Gasteiger partial charge in [0.2, 0.25) is 5.91 Å².